The monoisotopic (exact) mass is 391 g/mol. The van der Waals surface area contributed by atoms with E-state index in [4.69, 9.17) is 9.47 Å². The second-order valence-electron chi connectivity index (χ2n) is 4.89. The molecule has 1 aliphatic rings. The second kappa shape index (κ2) is 8.76. The molecular weight excluding hydrogens is 369 g/mol. The van der Waals surface area contributed by atoms with Gasteiger partial charge in [0.25, 0.3) is 0 Å². The molecule has 1 aromatic heterocycles. The normalized spacial score (nSPS) is 17.3. The molecule has 1 aromatic rings. The van der Waals surface area contributed by atoms with E-state index in [0.717, 1.165) is 51.3 Å². The van der Waals surface area contributed by atoms with Crippen molar-refractivity contribution in [2.45, 2.75) is 13.0 Å². The minimum atomic E-state index is 0.593. The van der Waals surface area contributed by atoms with Gasteiger partial charge in [-0.1, -0.05) is 0 Å². The Morgan fingerprint density at radius 3 is 2.70 bits per heavy atom. The Morgan fingerprint density at radius 1 is 1.25 bits per heavy atom. The molecule has 5 nitrogen and oxygen atoms in total. The highest BCUT2D eigenvalue weighted by molar-refractivity contribution is 14.1. The zero-order valence-corrected chi connectivity index (χ0v) is 14.1. The SMILES string of the molecule is COCc1ccc(OCCCN2CCN(I)CC2)nc1. The van der Waals surface area contributed by atoms with E-state index in [9.17, 15) is 0 Å². The first-order chi connectivity index (χ1) is 9.78. The zero-order valence-electron chi connectivity index (χ0n) is 11.9. The van der Waals surface area contributed by atoms with Gasteiger partial charge in [-0.3, -0.25) is 0 Å². The van der Waals surface area contributed by atoms with Gasteiger partial charge in [0.1, 0.15) is 0 Å². The maximum Gasteiger partial charge on any atom is 0.213 e. The first-order valence-electron chi connectivity index (χ1n) is 6.97. The number of hydrogen-bond donors (Lipinski definition) is 0. The molecule has 1 aliphatic heterocycles. The van der Waals surface area contributed by atoms with Crippen LogP contribution in [0, 0.1) is 0 Å². The molecule has 1 fully saturated rings. The van der Waals surface area contributed by atoms with E-state index < -0.39 is 0 Å². The van der Waals surface area contributed by atoms with Crippen molar-refractivity contribution in [1.82, 2.24) is 13.0 Å². The van der Waals surface area contributed by atoms with Crippen LogP contribution >= 0.6 is 22.9 Å². The summed E-state index contributed by atoms with van der Waals surface area (Å²) < 4.78 is 13.1. The molecule has 112 valence electrons. The van der Waals surface area contributed by atoms with Gasteiger partial charge >= 0.3 is 0 Å². The van der Waals surface area contributed by atoms with E-state index in [0.29, 0.717) is 12.5 Å². The third-order valence-electron chi connectivity index (χ3n) is 3.29. The number of pyridine rings is 1. The number of methoxy groups -OCH3 is 1. The number of nitrogens with zero attached hydrogens (tertiary/aromatic N) is 3. The standard InChI is InChI=1S/C14H22IN3O2/c1-19-12-13-3-4-14(16-11-13)20-10-2-5-17-6-8-18(15)9-7-17/h3-4,11H,2,5-10,12H2,1H3. The summed E-state index contributed by atoms with van der Waals surface area (Å²) in [5, 5.41) is 0. The smallest absolute Gasteiger partial charge is 0.213 e. The molecule has 1 saturated heterocycles. The van der Waals surface area contributed by atoms with Crippen LogP contribution < -0.4 is 4.74 Å². The topological polar surface area (TPSA) is 37.8 Å². The lowest BCUT2D eigenvalue weighted by molar-refractivity contribution is 0.183. The molecule has 2 rings (SSSR count). The summed E-state index contributed by atoms with van der Waals surface area (Å²) in [6.45, 7) is 7.05. The third kappa shape index (κ3) is 5.51. The number of rotatable bonds is 7. The molecule has 0 amide bonds. The molecule has 6 heteroatoms. The van der Waals surface area contributed by atoms with Crippen molar-refractivity contribution < 1.29 is 9.47 Å². The molecule has 0 saturated carbocycles. The summed E-state index contributed by atoms with van der Waals surface area (Å²) in [5.41, 5.74) is 1.07. The molecule has 20 heavy (non-hydrogen) atoms. The molecule has 0 bridgehead atoms. The quantitative estimate of drug-likeness (QED) is 0.404. The highest BCUT2D eigenvalue weighted by atomic mass is 127. The molecule has 0 aliphatic carbocycles. The highest BCUT2D eigenvalue weighted by Gasteiger charge is 2.13. The average Bonchev–Trinajstić information content (AvgIpc) is 2.47. The van der Waals surface area contributed by atoms with Crippen molar-refractivity contribution in [1.29, 1.82) is 0 Å². The number of hydrogen-bond acceptors (Lipinski definition) is 5. The van der Waals surface area contributed by atoms with Crippen LogP contribution in [0.2, 0.25) is 0 Å². The number of halogens is 1. The molecular formula is C14H22IN3O2. The van der Waals surface area contributed by atoms with Crippen LogP contribution in [0.3, 0.4) is 0 Å². The Kier molecular flexibility index (Phi) is 6.98. The van der Waals surface area contributed by atoms with E-state index in [2.05, 4.69) is 35.9 Å². The summed E-state index contributed by atoms with van der Waals surface area (Å²) in [4.78, 5) is 6.76. The molecule has 0 N–H and O–H groups in total. The van der Waals surface area contributed by atoms with Gasteiger partial charge in [-0.2, -0.15) is 0 Å². The first-order valence-corrected chi connectivity index (χ1v) is 7.94. The minimum Gasteiger partial charge on any atom is -0.478 e. The summed E-state index contributed by atoms with van der Waals surface area (Å²) in [6.07, 6.45) is 2.85. The van der Waals surface area contributed by atoms with Gasteiger partial charge in [0.15, 0.2) is 0 Å². The molecule has 0 atom stereocenters. The molecule has 0 unspecified atom stereocenters. The molecule has 2 heterocycles. The Hall–Kier alpha value is -0.440. The van der Waals surface area contributed by atoms with E-state index in [1.165, 1.54) is 0 Å². The van der Waals surface area contributed by atoms with Gasteiger partial charge in [0, 0.05) is 75.0 Å². The van der Waals surface area contributed by atoms with Crippen LogP contribution in [0.25, 0.3) is 0 Å². The van der Waals surface area contributed by atoms with Gasteiger partial charge in [-0.15, -0.1) is 0 Å². The average molecular weight is 391 g/mol. The van der Waals surface area contributed by atoms with E-state index in [-0.39, 0.29) is 0 Å². The van der Waals surface area contributed by atoms with Crippen LogP contribution in [0.4, 0.5) is 0 Å². The van der Waals surface area contributed by atoms with Crippen LogP contribution in [0.15, 0.2) is 18.3 Å². The van der Waals surface area contributed by atoms with Crippen LogP contribution in [-0.2, 0) is 11.3 Å². The van der Waals surface area contributed by atoms with Gasteiger partial charge in [-0.05, 0) is 18.1 Å². The number of aromatic nitrogens is 1. The first kappa shape index (κ1) is 15.9. The Bertz CT molecular complexity index is 381. The second-order valence-corrected chi connectivity index (χ2v) is 6.26. The predicted molar refractivity (Wildman–Crippen MR) is 87.1 cm³/mol. The lowest BCUT2D eigenvalue weighted by atomic mass is 10.3. The van der Waals surface area contributed by atoms with Crippen LogP contribution in [-0.4, -0.2) is 59.4 Å². The fourth-order valence-corrected chi connectivity index (χ4v) is 2.59. The van der Waals surface area contributed by atoms with Gasteiger partial charge < -0.3 is 14.4 Å². The fourth-order valence-electron chi connectivity index (χ4n) is 2.16. The van der Waals surface area contributed by atoms with Crippen molar-refractivity contribution in [3.63, 3.8) is 0 Å². The Labute approximate surface area is 134 Å². The van der Waals surface area contributed by atoms with Crippen molar-refractivity contribution >= 4 is 22.9 Å². The summed E-state index contributed by atoms with van der Waals surface area (Å²) >= 11 is 2.39. The lowest BCUT2D eigenvalue weighted by Crippen LogP contribution is -2.42. The maximum atomic E-state index is 5.66. The Balaban J connectivity index is 1.60. The van der Waals surface area contributed by atoms with Crippen molar-refractivity contribution in [2.75, 3.05) is 46.4 Å². The van der Waals surface area contributed by atoms with Gasteiger partial charge in [-0.25, -0.2) is 8.10 Å². The molecule has 0 spiro atoms. The van der Waals surface area contributed by atoms with Crippen molar-refractivity contribution in [2.24, 2.45) is 0 Å². The lowest BCUT2D eigenvalue weighted by Gasteiger charge is -2.30. The maximum absolute atomic E-state index is 5.66. The number of ether oxygens (including phenoxy) is 2. The predicted octanol–water partition coefficient (Wildman–Crippen LogP) is 1.96. The van der Waals surface area contributed by atoms with Crippen LogP contribution in [0.1, 0.15) is 12.0 Å². The van der Waals surface area contributed by atoms with Crippen molar-refractivity contribution in [3.8, 4) is 5.88 Å². The Morgan fingerprint density at radius 2 is 2.05 bits per heavy atom. The third-order valence-corrected chi connectivity index (χ3v) is 4.26. The van der Waals surface area contributed by atoms with E-state index in [1.54, 1.807) is 13.3 Å². The van der Waals surface area contributed by atoms with Crippen molar-refractivity contribution in [3.05, 3.63) is 23.9 Å². The van der Waals surface area contributed by atoms with E-state index >= 15 is 0 Å². The largest absolute Gasteiger partial charge is 0.478 e. The van der Waals surface area contributed by atoms with Crippen LogP contribution in [0.5, 0.6) is 5.88 Å². The van der Waals surface area contributed by atoms with Gasteiger partial charge in [0.05, 0.1) is 13.2 Å². The fraction of sp³-hybridized carbons (Fsp3) is 0.643. The van der Waals surface area contributed by atoms with E-state index in [1.807, 2.05) is 12.1 Å². The summed E-state index contributed by atoms with van der Waals surface area (Å²) in [5.74, 6) is 0.696. The highest BCUT2D eigenvalue weighted by Crippen LogP contribution is 2.09. The van der Waals surface area contributed by atoms with Gasteiger partial charge in [0.2, 0.25) is 5.88 Å². The molecule has 0 radical (unpaired) electrons. The minimum absolute atomic E-state index is 0.593. The zero-order chi connectivity index (χ0) is 14.2. The summed E-state index contributed by atoms with van der Waals surface area (Å²) in [6, 6.07) is 3.90. The molecule has 0 aromatic carbocycles. The summed E-state index contributed by atoms with van der Waals surface area (Å²) in [7, 11) is 1.68. The number of piperazine rings is 1.